The highest BCUT2D eigenvalue weighted by atomic mass is 32.2. The Kier molecular flexibility index (Phi) is 3.81. The number of hydrogen-bond donors (Lipinski definition) is 2. The summed E-state index contributed by atoms with van der Waals surface area (Å²) in [6.07, 6.45) is 1.50. The molecule has 1 aromatic carbocycles. The number of carbonyl (C=O) groups excluding carboxylic acids is 1. The Hall–Kier alpha value is -2.26. The monoisotopic (exact) mass is 295 g/mol. The summed E-state index contributed by atoms with van der Waals surface area (Å²) in [4.78, 5) is 11.7. The maximum absolute atomic E-state index is 11.7. The third-order valence-electron chi connectivity index (χ3n) is 2.54. The van der Waals surface area contributed by atoms with E-state index in [-0.39, 0.29) is 23.0 Å². The van der Waals surface area contributed by atoms with E-state index >= 15 is 0 Å². The summed E-state index contributed by atoms with van der Waals surface area (Å²) in [5.41, 5.74) is 0.961. The number of sulfonamides is 1. The van der Waals surface area contributed by atoms with Crippen molar-refractivity contribution in [1.29, 1.82) is 0 Å². The maximum Gasteiger partial charge on any atom is 0.273 e. The number of amides is 1. The largest absolute Gasteiger partial charge is 0.347 e. The number of hydrogen-bond acceptors (Lipinski definition) is 5. The Morgan fingerprint density at radius 2 is 2.00 bits per heavy atom. The number of rotatable bonds is 4. The highest BCUT2D eigenvalue weighted by Gasteiger charge is 2.10. The number of aromatic nitrogens is 3. The van der Waals surface area contributed by atoms with E-state index in [9.17, 15) is 13.2 Å². The fourth-order valence-corrected chi connectivity index (χ4v) is 2.04. The molecule has 0 aliphatic carbocycles. The Labute approximate surface area is 115 Å². The highest BCUT2D eigenvalue weighted by molar-refractivity contribution is 7.89. The molecule has 0 saturated heterocycles. The lowest BCUT2D eigenvalue weighted by Gasteiger charge is -2.04. The molecule has 1 aromatic heterocycles. The second-order valence-corrected chi connectivity index (χ2v) is 5.71. The summed E-state index contributed by atoms with van der Waals surface area (Å²) in [5, 5.41) is 15.0. The van der Waals surface area contributed by atoms with Crippen molar-refractivity contribution in [1.82, 2.24) is 20.3 Å². The van der Waals surface area contributed by atoms with Crippen LogP contribution in [0.5, 0.6) is 0 Å². The van der Waals surface area contributed by atoms with Crippen molar-refractivity contribution in [3.05, 3.63) is 41.7 Å². The standard InChI is InChI=1S/C11H13N5O3S/c1-16-7-10(14-15-16)11(17)13-6-8-2-4-9(5-3-8)20(12,18)19/h2-5,7H,6H2,1H3,(H,13,17)(H2,12,18,19). The van der Waals surface area contributed by atoms with Crippen molar-refractivity contribution < 1.29 is 13.2 Å². The van der Waals surface area contributed by atoms with Crippen molar-refractivity contribution >= 4 is 15.9 Å². The van der Waals surface area contributed by atoms with Gasteiger partial charge in [0.05, 0.1) is 11.1 Å². The minimum Gasteiger partial charge on any atom is -0.347 e. The molecule has 0 unspecified atom stereocenters. The fraction of sp³-hybridized carbons (Fsp3) is 0.182. The van der Waals surface area contributed by atoms with Gasteiger partial charge in [-0.3, -0.25) is 9.48 Å². The van der Waals surface area contributed by atoms with Crippen LogP contribution in [0.15, 0.2) is 35.4 Å². The van der Waals surface area contributed by atoms with Gasteiger partial charge in [0.25, 0.3) is 5.91 Å². The maximum atomic E-state index is 11.7. The quantitative estimate of drug-likeness (QED) is 0.779. The van der Waals surface area contributed by atoms with Gasteiger partial charge < -0.3 is 5.32 Å². The van der Waals surface area contributed by atoms with Gasteiger partial charge >= 0.3 is 0 Å². The van der Waals surface area contributed by atoms with Crippen molar-refractivity contribution in [2.45, 2.75) is 11.4 Å². The third-order valence-corrected chi connectivity index (χ3v) is 3.47. The predicted molar refractivity (Wildman–Crippen MR) is 70.0 cm³/mol. The molecule has 0 aliphatic heterocycles. The molecule has 2 aromatic rings. The summed E-state index contributed by atoms with van der Waals surface area (Å²) in [7, 11) is -2.04. The first-order valence-electron chi connectivity index (χ1n) is 5.62. The summed E-state index contributed by atoms with van der Waals surface area (Å²) < 4.78 is 23.6. The Morgan fingerprint density at radius 1 is 1.35 bits per heavy atom. The molecule has 0 atom stereocenters. The Morgan fingerprint density at radius 3 is 2.50 bits per heavy atom. The van der Waals surface area contributed by atoms with Crippen LogP contribution in [0.1, 0.15) is 16.1 Å². The van der Waals surface area contributed by atoms with Crippen LogP contribution in [0.25, 0.3) is 0 Å². The van der Waals surface area contributed by atoms with E-state index in [0.29, 0.717) is 0 Å². The van der Waals surface area contributed by atoms with Gasteiger partial charge in [-0.05, 0) is 17.7 Å². The Balaban J connectivity index is 1.99. The van der Waals surface area contributed by atoms with Crippen LogP contribution in [-0.2, 0) is 23.6 Å². The molecule has 1 heterocycles. The number of primary sulfonamides is 1. The molecule has 0 aliphatic rings. The lowest BCUT2D eigenvalue weighted by molar-refractivity contribution is 0.0946. The molecule has 1 amide bonds. The number of nitrogens with zero attached hydrogens (tertiary/aromatic N) is 3. The topological polar surface area (TPSA) is 120 Å². The molecule has 0 spiro atoms. The SMILES string of the molecule is Cn1cc(C(=O)NCc2ccc(S(N)(=O)=O)cc2)nn1. The van der Waals surface area contributed by atoms with E-state index in [1.807, 2.05) is 0 Å². The van der Waals surface area contributed by atoms with Crippen LogP contribution < -0.4 is 10.5 Å². The molecule has 106 valence electrons. The van der Waals surface area contributed by atoms with Crippen molar-refractivity contribution in [3.63, 3.8) is 0 Å². The van der Waals surface area contributed by atoms with Crippen molar-refractivity contribution in [2.75, 3.05) is 0 Å². The molecular formula is C11H13N5O3S. The van der Waals surface area contributed by atoms with Crippen LogP contribution in [0.2, 0.25) is 0 Å². The van der Waals surface area contributed by atoms with Gasteiger partial charge in [0, 0.05) is 13.6 Å². The molecule has 0 radical (unpaired) electrons. The van der Waals surface area contributed by atoms with Crippen molar-refractivity contribution in [3.8, 4) is 0 Å². The predicted octanol–water partition coefficient (Wildman–Crippen LogP) is -0.607. The highest BCUT2D eigenvalue weighted by Crippen LogP contribution is 2.08. The average molecular weight is 295 g/mol. The van der Waals surface area contributed by atoms with Crippen LogP contribution in [-0.4, -0.2) is 29.3 Å². The molecule has 0 saturated carbocycles. The lowest BCUT2D eigenvalue weighted by atomic mass is 10.2. The van der Waals surface area contributed by atoms with Crippen LogP contribution >= 0.6 is 0 Å². The minimum atomic E-state index is -3.70. The molecule has 3 N–H and O–H groups in total. The van der Waals surface area contributed by atoms with Crippen LogP contribution in [0.3, 0.4) is 0 Å². The molecule has 0 fully saturated rings. The molecule has 9 heteroatoms. The van der Waals surface area contributed by atoms with Crippen molar-refractivity contribution in [2.24, 2.45) is 12.2 Å². The second kappa shape index (κ2) is 5.39. The van der Waals surface area contributed by atoms with Gasteiger partial charge in [0.2, 0.25) is 10.0 Å². The van der Waals surface area contributed by atoms with Gasteiger partial charge in [0.15, 0.2) is 5.69 Å². The van der Waals surface area contributed by atoms with E-state index in [2.05, 4.69) is 15.6 Å². The number of carbonyl (C=O) groups is 1. The van der Waals surface area contributed by atoms with Gasteiger partial charge in [-0.15, -0.1) is 5.10 Å². The first kappa shape index (κ1) is 14.2. The fourth-order valence-electron chi connectivity index (χ4n) is 1.52. The summed E-state index contributed by atoms with van der Waals surface area (Å²) >= 11 is 0. The summed E-state index contributed by atoms with van der Waals surface area (Å²) in [6.45, 7) is 0.250. The van der Waals surface area contributed by atoms with Crippen LogP contribution in [0, 0.1) is 0 Å². The second-order valence-electron chi connectivity index (χ2n) is 4.15. The third kappa shape index (κ3) is 3.39. The van der Waals surface area contributed by atoms with E-state index in [0.717, 1.165) is 5.56 Å². The zero-order valence-corrected chi connectivity index (χ0v) is 11.5. The lowest BCUT2D eigenvalue weighted by Crippen LogP contribution is -2.23. The smallest absolute Gasteiger partial charge is 0.273 e. The zero-order valence-electron chi connectivity index (χ0n) is 10.6. The van der Waals surface area contributed by atoms with Gasteiger partial charge in [-0.2, -0.15) is 0 Å². The average Bonchev–Trinajstić information content (AvgIpc) is 2.82. The van der Waals surface area contributed by atoms with Gasteiger partial charge in [-0.25, -0.2) is 13.6 Å². The molecule has 20 heavy (non-hydrogen) atoms. The van der Waals surface area contributed by atoms with Crippen LogP contribution in [0.4, 0.5) is 0 Å². The van der Waals surface area contributed by atoms with Gasteiger partial charge in [0.1, 0.15) is 0 Å². The first-order valence-corrected chi connectivity index (χ1v) is 7.17. The van der Waals surface area contributed by atoms with E-state index in [1.54, 1.807) is 19.2 Å². The molecular weight excluding hydrogens is 282 g/mol. The number of nitrogens with two attached hydrogens (primary N) is 1. The number of aryl methyl sites for hydroxylation is 1. The van der Waals surface area contributed by atoms with Gasteiger partial charge in [-0.1, -0.05) is 17.3 Å². The first-order chi connectivity index (χ1) is 9.36. The summed E-state index contributed by atoms with van der Waals surface area (Å²) in [6, 6.07) is 5.94. The Bertz CT molecular complexity index is 721. The molecule has 2 rings (SSSR count). The van der Waals surface area contributed by atoms with E-state index < -0.39 is 10.0 Å². The zero-order chi connectivity index (χ0) is 14.8. The summed E-state index contributed by atoms with van der Waals surface area (Å²) in [5.74, 6) is -0.353. The number of nitrogens with one attached hydrogen (secondary N) is 1. The number of benzene rings is 1. The molecule has 0 bridgehead atoms. The van der Waals surface area contributed by atoms with E-state index in [1.165, 1.54) is 23.0 Å². The molecule has 8 nitrogen and oxygen atoms in total. The normalized spacial score (nSPS) is 11.3. The van der Waals surface area contributed by atoms with E-state index in [4.69, 9.17) is 5.14 Å². The minimum absolute atomic E-state index is 0.0292.